The van der Waals surface area contributed by atoms with Gasteiger partial charge in [-0.25, -0.2) is 0 Å². The van der Waals surface area contributed by atoms with Crippen LogP contribution in [0.5, 0.6) is 0 Å². The second kappa shape index (κ2) is 6.01. The summed E-state index contributed by atoms with van der Waals surface area (Å²) >= 11 is 1.43. The standard InChI is InChI=1S/C8H15N3OS/c1-2-3-7-8(13-11-10-7)6-9-4-5-12/h9,12H,2-6H2,1H3. The fraction of sp³-hybridized carbons (Fsp3) is 0.750. The van der Waals surface area contributed by atoms with Crippen LogP contribution in [0.4, 0.5) is 0 Å². The molecule has 1 heterocycles. The number of aliphatic hydroxyl groups excluding tert-OH is 1. The van der Waals surface area contributed by atoms with E-state index < -0.39 is 0 Å². The molecular weight excluding hydrogens is 186 g/mol. The molecule has 0 spiro atoms. The van der Waals surface area contributed by atoms with Gasteiger partial charge in [-0.1, -0.05) is 17.8 Å². The quantitative estimate of drug-likeness (QED) is 0.661. The van der Waals surface area contributed by atoms with Gasteiger partial charge in [-0.3, -0.25) is 0 Å². The van der Waals surface area contributed by atoms with Gasteiger partial charge in [0, 0.05) is 13.1 Å². The maximum atomic E-state index is 8.58. The van der Waals surface area contributed by atoms with Crippen molar-refractivity contribution in [2.45, 2.75) is 26.3 Å². The zero-order valence-electron chi connectivity index (χ0n) is 7.79. The van der Waals surface area contributed by atoms with Crippen LogP contribution in [-0.2, 0) is 13.0 Å². The third-order valence-corrected chi connectivity index (χ3v) is 2.46. The molecule has 0 saturated carbocycles. The zero-order chi connectivity index (χ0) is 9.52. The highest BCUT2D eigenvalue weighted by atomic mass is 32.1. The van der Waals surface area contributed by atoms with E-state index in [0.717, 1.165) is 25.1 Å². The van der Waals surface area contributed by atoms with Gasteiger partial charge in [-0.2, -0.15) is 0 Å². The number of hydrogen-bond donors (Lipinski definition) is 2. The second-order valence-corrected chi connectivity index (χ2v) is 3.63. The lowest BCUT2D eigenvalue weighted by molar-refractivity contribution is 0.292. The van der Waals surface area contributed by atoms with Gasteiger partial charge in [0.2, 0.25) is 0 Å². The highest BCUT2D eigenvalue weighted by molar-refractivity contribution is 7.05. The van der Waals surface area contributed by atoms with Crippen LogP contribution in [-0.4, -0.2) is 27.8 Å². The molecule has 5 heteroatoms. The molecule has 1 aromatic rings. The summed E-state index contributed by atoms with van der Waals surface area (Å²) < 4.78 is 3.91. The molecule has 1 rings (SSSR count). The van der Waals surface area contributed by atoms with Gasteiger partial charge in [0.25, 0.3) is 0 Å². The molecule has 0 aliphatic heterocycles. The van der Waals surface area contributed by atoms with E-state index in [1.807, 2.05) is 0 Å². The molecule has 0 aliphatic rings. The van der Waals surface area contributed by atoms with Gasteiger partial charge in [0.05, 0.1) is 17.2 Å². The largest absolute Gasteiger partial charge is 0.395 e. The highest BCUT2D eigenvalue weighted by Gasteiger charge is 2.05. The second-order valence-electron chi connectivity index (χ2n) is 2.79. The van der Waals surface area contributed by atoms with E-state index in [-0.39, 0.29) is 6.61 Å². The van der Waals surface area contributed by atoms with Crippen molar-refractivity contribution in [3.05, 3.63) is 10.6 Å². The van der Waals surface area contributed by atoms with E-state index >= 15 is 0 Å². The highest BCUT2D eigenvalue weighted by Crippen LogP contribution is 2.11. The summed E-state index contributed by atoms with van der Waals surface area (Å²) in [6.45, 7) is 3.71. The van der Waals surface area contributed by atoms with E-state index in [4.69, 9.17) is 5.11 Å². The Bertz CT molecular complexity index is 239. The molecule has 0 aliphatic carbocycles. The third kappa shape index (κ3) is 3.38. The SMILES string of the molecule is CCCc1nnsc1CNCCO. The molecule has 0 radical (unpaired) electrons. The Balaban J connectivity index is 2.40. The lowest BCUT2D eigenvalue weighted by Gasteiger charge is -2.00. The number of rotatable bonds is 6. The van der Waals surface area contributed by atoms with Gasteiger partial charge in [0.15, 0.2) is 0 Å². The van der Waals surface area contributed by atoms with E-state index in [2.05, 4.69) is 21.8 Å². The van der Waals surface area contributed by atoms with Crippen LogP contribution >= 0.6 is 11.5 Å². The average molecular weight is 201 g/mol. The van der Waals surface area contributed by atoms with Gasteiger partial charge in [-0.15, -0.1) is 5.10 Å². The number of nitrogens with one attached hydrogen (secondary N) is 1. The smallest absolute Gasteiger partial charge is 0.0800 e. The van der Waals surface area contributed by atoms with Gasteiger partial charge >= 0.3 is 0 Å². The summed E-state index contributed by atoms with van der Waals surface area (Å²) in [7, 11) is 0. The maximum absolute atomic E-state index is 8.58. The van der Waals surface area contributed by atoms with Crippen LogP contribution < -0.4 is 5.32 Å². The Kier molecular flexibility index (Phi) is 4.88. The van der Waals surface area contributed by atoms with Crippen molar-refractivity contribution in [2.24, 2.45) is 0 Å². The first-order valence-electron chi connectivity index (χ1n) is 4.50. The van der Waals surface area contributed by atoms with Crippen molar-refractivity contribution in [1.29, 1.82) is 0 Å². The summed E-state index contributed by atoms with van der Waals surface area (Å²) in [5, 5.41) is 15.7. The van der Waals surface area contributed by atoms with Crippen LogP contribution in [0.15, 0.2) is 0 Å². The minimum Gasteiger partial charge on any atom is -0.395 e. The van der Waals surface area contributed by atoms with Crippen LogP contribution in [0.25, 0.3) is 0 Å². The van der Waals surface area contributed by atoms with Crippen LogP contribution in [0.1, 0.15) is 23.9 Å². The number of aryl methyl sites for hydroxylation is 1. The van der Waals surface area contributed by atoms with Crippen molar-refractivity contribution in [3.63, 3.8) is 0 Å². The Morgan fingerprint density at radius 3 is 3.08 bits per heavy atom. The number of nitrogens with zero attached hydrogens (tertiary/aromatic N) is 2. The first-order valence-corrected chi connectivity index (χ1v) is 5.27. The molecular formula is C8H15N3OS. The summed E-state index contributed by atoms with van der Waals surface area (Å²) in [6, 6.07) is 0. The minimum absolute atomic E-state index is 0.176. The summed E-state index contributed by atoms with van der Waals surface area (Å²) in [4.78, 5) is 1.19. The number of hydrogen-bond acceptors (Lipinski definition) is 5. The van der Waals surface area contributed by atoms with E-state index in [0.29, 0.717) is 6.54 Å². The van der Waals surface area contributed by atoms with Crippen molar-refractivity contribution in [1.82, 2.24) is 14.9 Å². The molecule has 0 saturated heterocycles. The van der Waals surface area contributed by atoms with Crippen LogP contribution in [0, 0.1) is 0 Å². The molecule has 13 heavy (non-hydrogen) atoms. The monoisotopic (exact) mass is 201 g/mol. The lowest BCUT2D eigenvalue weighted by Crippen LogP contribution is -2.17. The minimum atomic E-state index is 0.176. The molecule has 2 N–H and O–H groups in total. The molecule has 0 atom stereocenters. The number of aromatic nitrogens is 2. The first kappa shape index (κ1) is 10.6. The fourth-order valence-electron chi connectivity index (χ4n) is 1.07. The molecule has 0 aromatic carbocycles. The zero-order valence-corrected chi connectivity index (χ0v) is 8.60. The van der Waals surface area contributed by atoms with E-state index in [1.165, 1.54) is 16.4 Å². The van der Waals surface area contributed by atoms with Crippen molar-refractivity contribution in [2.75, 3.05) is 13.2 Å². The van der Waals surface area contributed by atoms with Crippen molar-refractivity contribution < 1.29 is 5.11 Å². The molecule has 0 bridgehead atoms. The molecule has 1 aromatic heterocycles. The summed E-state index contributed by atoms with van der Waals surface area (Å²) in [6.07, 6.45) is 2.09. The molecule has 74 valence electrons. The lowest BCUT2D eigenvalue weighted by atomic mass is 10.2. The Morgan fingerprint density at radius 2 is 2.38 bits per heavy atom. The van der Waals surface area contributed by atoms with E-state index in [9.17, 15) is 0 Å². The van der Waals surface area contributed by atoms with Crippen LogP contribution in [0.2, 0.25) is 0 Å². The van der Waals surface area contributed by atoms with Crippen LogP contribution in [0.3, 0.4) is 0 Å². The summed E-state index contributed by atoms with van der Waals surface area (Å²) in [5.41, 5.74) is 1.10. The van der Waals surface area contributed by atoms with Gasteiger partial charge < -0.3 is 10.4 Å². The molecule has 0 unspecified atom stereocenters. The first-order chi connectivity index (χ1) is 6.38. The maximum Gasteiger partial charge on any atom is 0.0800 e. The van der Waals surface area contributed by atoms with E-state index in [1.54, 1.807) is 0 Å². The normalized spacial score (nSPS) is 10.6. The Morgan fingerprint density at radius 1 is 1.54 bits per heavy atom. The van der Waals surface area contributed by atoms with Gasteiger partial charge in [0.1, 0.15) is 0 Å². The molecule has 4 nitrogen and oxygen atoms in total. The Hall–Kier alpha value is -0.520. The average Bonchev–Trinajstić information content (AvgIpc) is 2.54. The molecule has 0 fully saturated rings. The summed E-state index contributed by atoms with van der Waals surface area (Å²) in [5.74, 6) is 0. The van der Waals surface area contributed by atoms with Crippen molar-refractivity contribution in [3.8, 4) is 0 Å². The predicted octanol–water partition coefficient (Wildman–Crippen LogP) is 0.573. The third-order valence-electron chi connectivity index (χ3n) is 1.70. The Labute approximate surface area is 82.2 Å². The van der Waals surface area contributed by atoms with Crippen molar-refractivity contribution >= 4 is 11.5 Å². The molecule has 0 amide bonds. The number of aliphatic hydroxyl groups is 1. The van der Waals surface area contributed by atoms with Gasteiger partial charge in [-0.05, 0) is 18.0 Å². The fourth-order valence-corrected chi connectivity index (χ4v) is 1.72. The topological polar surface area (TPSA) is 58.0 Å². The predicted molar refractivity (Wildman–Crippen MR) is 52.7 cm³/mol.